The second kappa shape index (κ2) is 8.07. The highest BCUT2D eigenvalue weighted by Crippen LogP contribution is 2.47. The molecule has 2 aromatic rings. The van der Waals surface area contributed by atoms with E-state index in [1.165, 1.54) is 42.4 Å². The van der Waals surface area contributed by atoms with Gasteiger partial charge in [0.1, 0.15) is 0 Å². The van der Waals surface area contributed by atoms with Crippen molar-refractivity contribution in [1.29, 1.82) is 0 Å². The minimum absolute atomic E-state index is 0.191. The summed E-state index contributed by atoms with van der Waals surface area (Å²) in [7, 11) is 0. The van der Waals surface area contributed by atoms with Crippen LogP contribution in [0.1, 0.15) is 72.0 Å². The molecule has 2 fully saturated rings. The van der Waals surface area contributed by atoms with Gasteiger partial charge in [-0.3, -0.25) is 4.79 Å². The molecule has 5 rings (SSSR count). The van der Waals surface area contributed by atoms with Crippen molar-refractivity contribution in [3.05, 3.63) is 70.8 Å². The monoisotopic (exact) mass is 418 g/mol. The van der Waals surface area contributed by atoms with Crippen molar-refractivity contribution in [3.63, 3.8) is 0 Å². The van der Waals surface area contributed by atoms with Crippen molar-refractivity contribution in [2.45, 2.75) is 74.8 Å². The molecule has 3 aliphatic rings. The standard InChI is InChI=1S/C27H34N2O2/c28-25(30)20-8-3-9-23(16-20)26-11-4-10-24(19-26)29(15-13-26)14-5-12-27(31)17-21-6-1-2-7-22(21)18-27/h1-3,6-9,16,24,31H,4-5,10-15,17-19H2,(H2,28,30). The van der Waals surface area contributed by atoms with Gasteiger partial charge in [-0.15, -0.1) is 0 Å². The molecule has 2 aliphatic carbocycles. The van der Waals surface area contributed by atoms with Gasteiger partial charge in [0, 0.05) is 24.4 Å². The van der Waals surface area contributed by atoms with E-state index < -0.39 is 5.60 Å². The van der Waals surface area contributed by atoms with E-state index in [0.29, 0.717) is 11.6 Å². The van der Waals surface area contributed by atoms with Crippen molar-refractivity contribution >= 4 is 5.91 Å². The molecule has 31 heavy (non-hydrogen) atoms. The van der Waals surface area contributed by atoms with Crippen LogP contribution in [0.4, 0.5) is 0 Å². The third kappa shape index (κ3) is 4.04. The summed E-state index contributed by atoms with van der Waals surface area (Å²) in [6, 6.07) is 17.1. The molecule has 4 heteroatoms. The summed E-state index contributed by atoms with van der Waals surface area (Å²) < 4.78 is 0. The maximum absolute atomic E-state index is 11.7. The number of carbonyl (C=O) groups is 1. The summed E-state index contributed by atoms with van der Waals surface area (Å²) >= 11 is 0. The van der Waals surface area contributed by atoms with Crippen LogP contribution in [-0.4, -0.2) is 40.6 Å². The van der Waals surface area contributed by atoms with Crippen LogP contribution in [0.15, 0.2) is 48.5 Å². The molecular weight excluding hydrogens is 384 g/mol. The molecule has 1 aliphatic heterocycles. The summed E-state index contributed by atoms with van der Waals surface area (Å²) in [5.74, 6) is -0.338. The van der Waals surface area contributed by atoms with E-state index in [1.807, 2.05) is 18.2 Å². The number of nitrogens with two attached hydrogens (primary N) is 1. The Kier molecular flexibility index (Phi) is 5.39. The Morgan fingerprint density at radius 3 is 2.61 bits per heavy atom. The summed E-state index contributed by atoms with van der Waals surface area (Å²) in [5.41, 5.74) is 9.72. The minimum atomic E-state index is -0.564. The highest BCUT2D eigenvalue weighted by molar-refractivity contribution is 5.92. The lowest BCUT2D eigenvalue weighted by atomic mass is 9.63. The Hall–Kier alpha value is -2.17. The van der Waals surface area contributed by atoms with Crippen molar-refractivity contribution in [1.82, 2.24) is 4.90 Å². The van der Waals surface area contributed by atoms with E-state index in [9.17, 15) is 9.90 Å². The molecule has 1 saturated carbocycles. The number of amides is 1. The van der Waals surface area contributed by atoms with Gasteiger partial charge in [-0.05, 0) is 85.9 Å². The number of hydrogen-bond donors (Lipinski definition) is 2. The highest BCUT2D eigenvalue weighted by Gasteiger charge is 2.44. The van der Waals surface area contributed by atoms with Gasteiger partial charge in [-0.2, -0.15) is 0 Å². The van der Waals surface area contributed by atoms with Crippen LogP contribution in [0.2, 0.25) is 0 Å². The predicted octanol–water partition coefficient (Wildman–Crippen LogP) is 3.98. The molecular formula is C27H34N2O2. The van der Waals surface area contributed by atoms with Crippen molar-refractivity contribution in [2.24, 2.45) is 5.73 Å². The molecule has 1 saturated heterocycles. The van der Waals surface area contributed by atoms with Gasteiger partial charge in [-0.25, -0.2) is 0 Å². The molecule has 2 aromatic carbocycles. The number of hydrogen-bond acceptors (Lipinski definition) is 3. The lowest BCUT2D eigenvalue weighted by Gasteiger charge is -2.51. The van der Waals surface area contributed by atoms with Gasteiger partial charge in [0.25, 0.3) is 0 Å². The number of benzene rings is 2. The summed E-state index contributed by atoms with van der Waals surface area (Å²) in [5, 5.41) is 11.1. The predicted molar refractivity (Wildman–Crippen MR) is 123 cm³/mol. The first-order valence-corrected chi connectivity index (χ1v) is 11.9. The molecule has 2 unspecified atom stereocenters. The van der Waals surface area contributed by atoms with E-state index >= 15 is 0 Å². The van der Waals surface area contributed by atoms with Crippen molar-refractivity contribution < 1.29 is 9.90 Å². The third-order valence-electron chi connectivity index (χ3n) is 8.22. The zero-order valence-electron chi connectivity index (χ0n) is 18.4. The molecule has 1 heterocycles. The first-order valence-electron chi connectivity index (χ1n) is 11.9. The van der Waals surface area contributed by atoms with E-state index in [0.717, 1.165) is 45.2 Å². The number of aliphatic hydroxyl groups is 1. The van der Waals surface area contributed by atoms with Crippen molar-refractivity contribution in [2.75, 3.05) is 13.1 Å². The maximum Gasteiger partial charge on any atom is 0.248 e. The molecule has 1 amide bonds. The minimum Gasteiger partial charge on any atom is -0.389 e. The zero-order valence-corrected chi connectivity index (χ0v) is 18.4. The molecule has 0 spiro atoms. The van der Waals surface area contributed by atoms with E-state index in [4.69, 9.17) is 5.73 Å². The zero-order chi connectivity index (χ0) is 21.5. The maximum atomic E-state index is 11.7. The number of primary amides is 1. The van der Waals surface area contributed by atoms with E-state index in [1.54, 1.807) is 0 Å². The molecule has 2 bridgehead atoms. The lowest BCUT2D eigenvalue weighted by Crippen LogP contribution is -2.52. The number of carbonyl (C=O) groups excluding carboxylic acids is 1. The number of nitrogens with zero attached hydrogens (tertiary/aromatic N) is 1. The molecule has 2 atom stereocenters. The Bertz CT molecular complexity index is 946. The SMILES string of the molecule is NC(=O)c1cccc(C23CCCC(C2)N(CCCC2(O)Cc4ccccc4C2)CC3)c1. The quantitative estimate of drug-likeness (QED) is 0.746. The Morgan fingerprint density at radius 2 is 1.87 bits per heavy atom. The lowest BCUT2D eigenvalue weighted by molar-refractivity contribution is 0.0219. The van der Waals surface area contributed by atoms with Gasteiger partial charge in [0.2, 0.25) is 5.91 Å². The third-order valence-corrected chi connectivity index (χ3v) is 8.22. The van der Waals surface area contributed by atoms with Crippen LogP contribution in [0, 0.1) is 0 Å². The number of likely N-dealkylation sites (tertiary alicyclic amines) is 1. The van der Waals surface area contributed by atoms with Crippen LogP contribution >= 0.6 is 0 Å². The smallest absolute Gasteiger partial charge is 0.248 e. The first kappa shape index (κ1) is 20.7. The summed E-state index contributed by atoms with van der Waals surface area (Å²) in [6.45, 7) is 2.17. The highest BCUT2D eigenvalue weighted by atomic mass is 16.3. The molecule has 164 valence electrons. The fourth-order valence-corrected chi connectivity index (χ4v) is 6.58. The Morgan fingerprint density at radius 1 is 1.10 bits per heavy atom. The number of fused-ring (bicyclic) bond motifs is 3. The Labute approximate surface area is 185 Å². The van der Waals surface area contributed by atoms with Gasteiger partial charge in [0.15, 0.2) is 0 Å². The average Bonchev–Trinajstić information content (AvgIpc) is 3.12. The van der Waals surface area contributed by atoms with Gasteiger partial charge in [0.05, 0.1) is 5.60 Å². The van der Waals surface area contributed by atoms with E-state index in [2.05, 4.69) is 35.2 Å². The van der Waals surface area contributed by atoms with Gasteiger partial charge >= 0.3 is 0 Å². The summed E-state index contributed by atoms with van der Waals surface area (Å²) in [6.07, 6.45) is 9.53. The van der Waals surface area contributed by atoms with Gasteiger partial charge < -0.3 is 15.7 Å². The van der Waals surface area contributed by atoms with Crippen LogP contribution in [0.5, 0.6) is 0 Å². The topological polar surface area (TPSA) is 66.6 Å². The van der Waals surface area contributed by atoms with Gasteiger partial charge in [-0.1, -0.05) is 42.8 Å². The largest absolute Gasteiger partial charge is 0.389 e. The van der Waals surface area contributed by atoms with Crippen LogP contribution in [0.25, 0.3) is 0 Å². The number of piperidine rings is 1. The second-order valence-electron chi connectivity index (χ2n) is 10.2. The second-order valence-corrected chi connectivity index (χ2v) is 10.2. The normalized spacial score (nSPS) is 27.1. The van der Waals surface area contributed by atoms with E-state index in [-0.39, 0.29) is 11.3 Å². The van der Waals surface area contributed by atoms with Crippen LogP contribution in [-0.2, 0) is 18.3 Å². The number of rotatable bonds is 6. The Balaban J connectivity index is 1.20. The molecule has 3 N–H and O–H groups in total. The molecule has 0 radical (unpaired) electrons. The fraction of sp³-hybridized carbons (Fsp3) is 0.519. The van der Waals surface area contributed by atoms with Crippen molar-refractivity contribution in [3.8, 4) is 0 Å². The van der Waals surface area contributed by atoms with Crippen LogP contribution in [0.3, 0.4) is 0 Å². The average molecular weight is 419 g/mol. The molecule has 4 nitrogen and oxygen atoms in total. The van der Waals surface area contributed by atoms with Crippen LogP contribution < -0.4 is 5.73 Å². The summed E-state index contributed by atoms with van der Waals surface area (Å²) in [4.78, 5) is 14.3. The fourth-order valence-electron chi connectivity index (χ4n) is 6.58. The first-order chi connectivity index (χ1) is 15.0. The molecule has 0 aromatic heterocycles.